The molecule has 0 aliphatic carbocycles. The number of nitrogens with zero attached hydrogens (tertiary/aromatic N) is 2. The van der Waals surface area contributed by atoms with Crippen molar-refractivity contribution in [2.24, 2.45) is 11.8 Å². The van der Waals surface area contributed by atoms with Crippen LogP contribution in [0.25, 0.3) is 0 Å². The molecule has 4 nitrogen and oxygen atoms in total. The Bertz CT molecular complexity index is 277. The fourth-order valence-electron chi connectivity index (χ4n) is 2.58. The highest BCUT2D eigenvalue weighted by molar-refractivity contribution is 5.63. The van der Waals surface area contributed by atoms with Crippen LogP contribution in [0.4, 0.5) is 13.6 Å². The number of amides is 1. The molecule has 0 aromatic rings. The minimum Gasteiger partial charge on any atom is -0.530 e. The highest BCUT2D eigenvalue weighted by Crippen LogP contribution is 2.27. The molecule has 0 unspecified atom stereocenters. The van der Waals surface area contributed by atoms with Crippen molar-refractivity contribution in [2.75, 3.05) is 32.7 Å². The van der Waals surface area contributed by atoms with Crippen LogP contribution in [0.3, 0.4) is 0 Å². The van der Waals surface area contributed by atoms with E-state index in [-0.39, 0.29) is 6.54 Å². The van der Waals surface area contributed by atoms with Crippen molar-refractivity contribution < 1.29 is 18.7 Å². The van der Waals surface area contributed by atoms with Crippen molar-refractivity contribution in [3.63, 3.8) is 0 Å². The number of rotatable bonds is 5. The van der Waals surface area contributed by atoms with Crippen LogP contribution >= 0.6 is 0 Å². The first-order valence-corrected chi connectivity index (χ1v) is 6.01. The molecular formula is C11H17F2N2O2-. The lowest BCUT2D eigenvalue weighted by Gasteiger charge is -2.44. The van der Waals surface area contributed by atoms with Crippen molar-refractivity contribution in [1.29, 1.82) is 0 Å². The van der Waals surface area contributed by atoms with E-state index in [1.54, 1.807) is 4.90 Å². The fourth-order valence-corrected chi connectivity index (χ4v) is 2.58. The van der Waals surface area contributed by atoms with Crippen molar-refractivity contribution in [1.82, 2.24) is 9.80 Å². The molecule has 17 heavy (non-hydrogen) atoms. The van der Waals surface area contributed by atoms with Crippen LogP contribution in [0, 0.1) is 11.8 Å². The maximum Gasteiger partial charge on any atom is 0.251 e. The second-order valence-electron chi connectivity index (χ2n) is 5.09. The van der Waals surface area contributed by atoms with Crippen LogP contribution in [-0.4, -0.2) is 55.0 Å². The first-order chi connectivity index (χ1) is 8.04. The van der Waals surface area contributed by atoms with Gasteiger partial charge in [0.25, 0.3) is 6.43 Å². The number of hydrogen-bond acceptors (Lipinski definition) is 3. The summed E-state index contributed by atoms with van der Waals surface area (Å²) in [4.78, 5) is 13.5. The largest absolute Gasteiger partial charge is 0.530 e. The van der Waals surface area contributed by atoms with Gasteiger partial charge < -0.3 is 14.8 Å². The molecule has 2 saturated heterocycles. The number of hydrogen-bond donors (Lipinski definition) is 0. The number of carboxylic acid groups (broad SMARTS) is 1. The molecule has 2 aliphatic rings. The topological polar surface area (TPSA) is 46.6 Å². The van der Waals surface area contributed by atoms with E-state index >= 15 is 0 Å². The zero-order valence-corrected chi connectivity index (χ0v) is 9.65. The first kappa shape index (κ1) is 12.5. The summed E-state index contributed by atoms with van der Waals surface area (Å²) in [6, 6.07) is 0. The van der Waals surface area contributed by atoms with Gasteiger partial charge in [-0.3, -0.25) is 4.90 Å². The Morgan fingerprint density at radius 3 is 2.18 bits per heavy atom. The normalized spacial score (nSPS) is 22.6. The molecule has 2 fully saturated rings. The minimum atomic E-state index is -2.24. The Balaban J connectivity index is 1.50. The molecule has 0 aromatic heterocycles. The van der Waals surface area contributed by atoms with E-state index in [2.05, 4.69) is 0 Å². The van der Waals surface area contributed by atoms with Crippen LogP contribution in [0.5, 0.6) is 0 Å². The molecule has 0 bridgehead atoms. The summed E-state index contributed by atoms with van der Waals surface area (Å²) < 4.78 is 24.0. The summed E-state index contributed by atoms with van der Waals surface area (Å²) >= 11 is 0. The maximum absolute atomic E-state index is 12.0. The Kier molecular flexibility index (Phi) is 3.81. The van der Waals surface area contributed by atoms with Crippen molar-refractivity contribution in [3.05, 3.63) is 0 Å². The predicted molar refractivity (Wildman–Crippen MR) is 55.6 cm³/mol. The summed E-state index contributed by atoms with van der Waals surface area (Å²) in [7, 11) is 0. The van der Waals surface area contributed by atoms with E-state index in [9.17, 15) is 18.7 Å². The molecule has 0 aromatic carbocycles. The molecule has 6 heteroatoms. The quantitative estimate of drug-likeness (QED) is 0.699. The highest BCUT2D eigenvalue weighted by Gasteiger charge is 2.31. The summed E-state index contributed by atoms with van der Waals surface area (Å²) in [6.45, 7) is 2.58. The third kappa shape index (κ3) is 3.28. The number of carbonyl (C=O) groups excluding carboxylic acids is 1. The van der Waals surface area contributed by atoms with Gasteiger partial charge in [-0.25, -0.2) is 8.78 Å². The van der Waals surface area contributed by atoms with Crippen molar-refractivity contribution in [3.8, 4) is 0 Å². The van der Waals surface area contributed by atoms with Gasteiger partial charge in [0.2, 0.25) is 0 Å². The molecule has 0 N–H and O–H groups in total. The maximum atomic E-state index is 12.0. The SMILES string of the molecule is O=C([O-])N1CC(CCC2CN(CC(F)F)C2)C1. The van der Waals surface area contributed by atoms with Crippen molar-refractivity contribution >= 4 is 6.09 Å². The van der Waals surface area contributed by atoms with E-state index in [4.69, 9.17) is 0 Å². The predicted octanol–water partition coefficient (Wildman–Crippen LogP) is 0.239. The molecule has 0 spiro atoms. The van der Waals surface area contributed by atoms with Crippen LogP contribution in [0.1, 0.15) is 12.8 Å². The molecule has 2 heterocycles. The number of likely N-dealkylation sites (tertiary alicyclic amines) is 2. The second-order valence-corrected chi connectivity index (χ2v) is 5.09. The molecule has 0 radical (unpaired) electrons. The van der Waals surface area contributed by atoms with Gasteiger partial charge in [0.1, 0.15) is 6.09 Å². The van der Waals surface area contributed by atoms with Gasteiger partial charge in [-0.1, -0.05) is 0 Å². The third-order valence-electron chi connectivity index (χ3n) is 3.63. The van der Waals surface area contributed by atoms with E-state index in [1.165, 1.54) is 4.90 Å². The number of carbonyl (C=O) groups is 1. The average Bonchev–Trinajstić information content (AvgIpc) is 2.09. The standard InChI is InChI=1S/C11H18F2N2O2/c12-10(13)7-14-3-8(4-14)1-2-9-5-15(6-9)11(16)17/h8-10H,1-7H2,(H,16,17)/p-1. The molecule has 2 rings (SSSR count). The van der Waals surface area contributed by atoms with E-state index in [1.807, 2.05) is 0 Å². The lowest BCUT2D eigenvalue weighted by Crippen LogP contribution is -2.55. The fraction of sp³-hybridized carbons (Fsp3) is 0.909. The Hall–Kier alpha value is -0.910. The van der Waals surface area contributed by atoms with Crippen LogP contribution in [0.2, 0.25) is 0 Å². The van der Waals surface area contributed by atoms with Gasteiger partial charge in [-0.15, -0.1) is 0 Å². The lowest BCUT2D eigenvalue weighted by molar-refractivity contribution is -0.271. The Morgan fingerprint density at radius 1 is 1.18 bits per heavy atom. The molecule has 1 amide bonds. The highest BCUT2D eigenvalue weighted by atomic mass is 19.3. The number of alkyl halides is 2. The lowest BCUT2D eigenvalue weighted by atomic mass is 9.87. The molecule has 0 saturated carbocycles. The zero-order valence-electron chi connectivity index (χ0n) is 9.65. The number of halogens is 2. The van der Waals surface area contributed by atoms with Crippen LogP contribution < -0.4 is 5.11 Å². The zero-order chi connectivity index (χ0) is 12.4. The Labute approximate surface area is 99.2 Å². The average molecular weight is 247 g/mol. The summed E-state index contributed by atoms with van der Waals surface area (Å²) in [5, 5.41) is 10.4. The summed E-state index contributed by atoms with van der Waals surface area (Å²) in [5.74, 6) is 0.961. The Morgan fingerprint density at radius 2 is 1.71 bits per heavy atom. The third-order valence-corrected chi connectivity index (χ3v) is 3.63. The van der Waals surface area contributed by atoms with Gasteiger partial charge in [-0.05, 0) is 24.7 Å². The molecular weight excluding hydrogens is 230 g/mol. The van der Waals surface area contributed by atoms with E-state index < -0.39 is 12.5 Å². The molecule has 0 atom stereocenters. The van der Waals surface area contributed by atoms with Crippen molar-refractivity contribution in [2.45, 2.75) is 19.3 Å². The van der Waals surface area contributed by atoms with Gasteiger partial charge in [-0.2, -0.15) is 0 Å². The summed E-state index contributed by atoms with van der Waals surface area (Å²) in [5.41, 5.74) is 0. The van der Waals surface area contributed by atoms with E-state index in [0.717, 1.165) is 25.9 Å². The van der Waals surface area contributed by atoms with Gasteiger partial charge >= 0.3 is 0 Å². The van der Waals surface area contributed by atoms with Crippen LogP contribution in [0.15, 0.2) is 0 Å². The van der Waals surface area contributed by atoms with Gasteiger partial charge in [0.15, 0.2) is 0 Å². The van der Waals surface area contributed by atoms with Gasteiger partial charge in [0, 0.05) is 26.2 Å². The van der Waals surface area contributed by atoms with E-state index in [0.29, 0.717) is 24.9 Å². The van der Waals surface area contributed by atoms with Gasteiger partial charge in [0.05, 0.1) is 6.54 Å². The monoisotopic (exact) mass is 247 g/mol. The van der Waals surface area contributed by atoms with Crippen LogP contribution in [-0.2, 0) is 0 Å². The smallest absolute Gasteiger partial charge is 0.251 e. The molecule has 98 valence electrons. The first-order valence-electron chi connectivity index (χ1n) is 6.01. The second kappa shape index (κ2) is 5.16. The molecule has 2 aliphatic heterocycles. The summed E-state index contributed by atoms with van der Waals surface area (Å²) in [6.07, 6.45) is -1.31. The minimum absolute atomic E-state index is 0.113.